The van der Waals surface area contributed by atoms with E-state index < -0.39 is 23.9 Å². The molecule has 152 valence electrons. The fourth-order valence-electron chi connectivity index (χ4n) is 2.55. The number of pyridine rings is 1. The van der Waals surface area contributed by atoms with Gasteiger partial charge >= 0.3 is 6.18 Å². The molecule has 1 aromatic carbocycles. The molecule has 29 heavy (non-hydrogen) atoms. The van der Waals surface area contributed by atoms with Crippen LogP contribution in [0, 0.1) is 0 Å². The summed E-state index contributed by atoms with van der Waals surface area (Å²) in [6, 6.07) is 11.9. The van der Waals surface area contributed by atoms with E-state index in [4.69, 9.17) is 11.6 Å². The summed E-state index contributed by atoms with van der Waals surface area (Å²) in [5.41, 5.74) is 1.26. The molecule has 0 spiro atoms. The molecule has 3 aromatic rings. The van der Waals surface area contributed by atoms with Crippen molar-refractivity contribution in [1.29, 1.82) is 0 Å². The first-order valence-corrected chi connectivity index (χ1v) is 9.76. The molecular formula is C19H16ClF3N4OS. The Labute approximate surface area is 174 Å². The number of thioether (sulfide) groups is 1. The molecule has 0 radical (unpaired) electrons. The van der Waals surface area contributed by atoms with E-state index in [1.807, 2.05) is 0 Å². The van der Waals surface area contributed by atoms with Crippen LogP contribution >= 0.6 is 23.4 Å². The lowest BCUT2D eigenvalue weighted by atomic mass is 10.2. The first kappa shape index (κ1) is 21.2. The molecule has 1 unspecified atom stereocenters. The number of hydrogen-bond acceptors (Lipinski definition) is 4. The Morgan fingerprint density at radius 2 is 1.93 bits per heavy atom. The van der Waals surface area contributed by atoms with Crippen LogP contribution in [0.15, 0.2) is 60.0 Å². The van der Waals surface area contributed by atoms with Gasteiger partial charge in [-0.25, -0.2) is 9.97 Å². The van der Waals surface area contributed by atoms with Crippen LogP contribution in [-0.2, 0) is 11.3 Å². The summed E-state index contributed by atoms with van der Waals surface area (Å²) in [5.74, 6) is -0.423. The molecule has 5 nitrogen and oxygen atoms in total. The zero-order valence-electron chi connectivity index (χ0n) is 15.2. The lowest BCUT2D eigenvalue weighted by Gasteiger charge is -2.16. The molecule has 1 N–H and O–H groups in total. The smallest absolute Gasteiger partial charge is 0.322 e. The van der Waals surface area contributed by atoms with Crippen LogP contribution in [0.2, 0.25) is 5.15 Å². The van der Waals surface area contributed by atoms with Crippen LogP contribution in [0.25, 0.3) is 11.3 Å². The van der Waals surface area contributed by atoms with E-state index in [1.165, 1.54) is 12.4 Å². The standard InChI is InChI=1S/C19H16ClF3N4OS/c1-12(17(28)26-14-8-5-9-24-16(14)20)29-18-25-10-15(13-6-3-2-4-7-13)27(18)11-19(21,22)23/h2-10,12H,11H2,1H3,(H,26,28). The van der Waals surface area contributed by atoms with E-state index >= 15 is 0 Å². The Hall–Kier alpha value is -2.52. The van der Waals surface area contributed by atoms with Crippen molar-refractivity contribution >= 4 is 35.0 Å². The van der Waals surface area contributed by atoms with Crippen molar-refractivity contribution in [1.82, 2.24) is 14.5 Å². The number of nitrogens with one attached hydrogen (secondary N) is 1. The van der Waals surface area contributed by atoms with E-state index in [9.17, 15) is 18.0 Å². The number of hydrogen-bond donors (Lipinski definition) is 1. The first-order valence-electron chi connectivity index (χ1n) is 8.50. The molecule has 2 heterocycles. The Morgan fingerprint density at radius 1 is 1.21 bits per heavy atom. The predicted molar refractivity (Wildman–Crippen MR) is 107 cm³/mol. The fourth-order valence-corrected chi connectivity index (χ4v) is 3.60. The Balaban J connectivity index is 1.83. The summed E-state index contributed by atoms with van der Waals surface area (Å²) < 4.78 is 40.6. The van der Waals surface area contributed by atoms with Gasteiger partial charge in [-0.15, -0.1) is 0 Å². The van der Waals surface area contributed by atoms with E-state index in [-0.39, 0.29) is 10.3 Å². The van der Waals surface area contributed by atoms with Crippen LogP contribution in [0.1, 0.15) is 6.92 Å². The van der Waals surface area contributed by atoms with Crippen molar-refractivity contribution in [3.63, 3.8) is 0 Å². The van der Waals surface area contributed by atoms with Gasteiger partial charge in [0.25, 0.3) is 0 Å². The van der Waals surface area contributed by atoms with Crippen LogP contribution < -0.4 is 5.32 Å². The quantitative estimate of drug-likeness (QED) is 0.418. The number of alkyl halides is 3. The highest BCUT2D eigenvalue weighted by molar-refractivity contribution is 8.00. The molecule has 10 heteroatoms. The van der Waals surface area contributed by atoms with Crippen molar-refractivity contribution in [2.24, 2.45) is 0 Å². The number of halogens is 4. The van der Waals surface area contributed by atoms with Crippen molar-refractivity contribution in [3.8, 4) is 11.3 Å². The van der Waals surface area contributed by atoms with Gasteiger partial charge in [0.1, 0.15) is 6.54 Å². The minimum atomic E-state index is -4.44. The highest BCUT2D eigenvalue weighted by Gasteiger charge is 2.31. The lowest BCUT2D eigenvalue weighted by molar-refractivity contribution is -0.141. The molecular weight excluding hydrogens is 425 g/mol. The lowest BCUT2D eigenvalue weighted by Crippen LogP contribution is -2.24. The molecule has 0 saturated carbocycles. The molecule has 1 amide bonds. The van der Waals surface area contributed by atoms with Gasteiger partial charge in [-0.3, -0.25) is 4.79 Å². The number of aromatic nitrogens is 3. The molecule has 0 aliphatic rings. The number of nitrogens with zero attached hydrogens (tertiary/aromatic N) is 3. The number of anilines is 1. The molecule has 0 aliphatic heterocycles. The van der Waals surface area contributed by atoms with E-state index in [0.29, 0.717) is 16.9 Å². The number of rotatable bonds is 6. The molecule has 0 aliphatic carbocycles. The first-order chi connectivity index (χ1) is 13.7. The second kappa shape index (κ2) is 8.87. The Bertz CT molecular complexity index is 995. The van der Waals surface area contributed by atoms with Crippen LogP contribution in [-0.4, -0.2) is 31.9 Å². The fraction of sp³-hybridized carbons (Fsp3) is 0.211. The highest BCUT2D eigenvalue weighted by atomic mass is 35.5. The van der Waals surface area contributed by atoms with Crippen LogP contribution in [0.3, 0.4) is 0 Å². The van der Waals surface area contributed by atoms with Crippen molar-refractivity contribution in [2.75, 3.05) is 5.32 Å². The highest BCUT2D eigenvalue weighted by Crippen LogP contribution is 2.32. The third kappa shape index (κ3) is 5.51. The summed E-state index contributed by atoms with van der Waals surface area (Å²) in [5, 5.41) is 2.13. The van der Waals surface area contributed by atoms with Gasteiger partial charge in [-0.2, -0.15) is 13.2 Å². The van der Waals surface area contributed by atoms with Crippen molar-refractivity contribution in [3.05, 3.63) is 60.0 Å². The summed E-state index contributed by atoms with van der Waals surface area (Å²) in [7, 11) is 0. The third-order valence-corrected chi connectivity index (χ3v) is 5.30. The van der Waals surface area contributed by atoms with Gasteiger partial charge in [0.2, 0.25) is 5.91 Å². The SMILES string of the molecule is CC(Sc1ncc(-c2ccccc2)n1CC(F)(F)F)C(=O)Nc1cccnc1Cl. The number of carbonyl (C=O) groups excluding carboxylic acids is 1. The van der Waals surface area contributed by atoms with Gasteiger partial charge in [0, 0.05) is 6.20 Å². The zero-order chi connectivity index (χ0) is 21.0. The predicted octanol–water partition coefficient (Wildman–Crippen LogP) is 5.28. The second-order valence-electron chi connectivity index (χ2n) is 6.08. The normalized spacial score (nSPS) is 12.6. The van der Waals surface area contributed by atoms with E-state index in [1.54, 1.807) is 49.4 Å². The maximum atomic E-state index is 13.2. The largest absolute Gasteiger partial charge is 0.406 e. The molecule has 0 saturated heterocycles. The number of amides is 1. The molecule has 0 bridgehead atoms. The third-order valence-electron chi connectivity index (χ3n) is 3.89. The topological polar surface area (TPSA) is 59.8 Å². The molecule has 2 aromatic heterocycles. The summed E-state index contributed by atoms with van der Waals surface area (Å²) in [6.07, 6.45) is -1.57. The zero-order valence-corrected chi connectivity index (χ0v) is 16.7. The maximum Gasteiger partial charge on any atom is 0.406 e. The number of benzene rings is 1. The van der Waals surface area contributed by atoms with Gasteiger partial charge in [-0.05, 0) is 24.6 Å². The number of carbonyl (C=O) groups is 1. The van der Waals surface area contributed by atoms with E-state index in [2.05, 4.69) is 15.3 Å². The van der Waals surface area contributed by atoms with E-state index in [0.717, 1.165) is 16.3 Å². The average molecular weight is 441 g/mol. The summed E-state index contributed by atoms with van der Waals surface area (Å²) in [4.78, 5) is 20.5. The Kier molecular flexibility index (Phi) is 6.49. The Morgan fingerprint density at radius 3 is 2.59 bits per heavy atom. The minimum Gasteiger partial charge on any atom is -0.322 e. The van der Waals surface area contributed by atoms with Crippen molar-refractivity contribution < 1.29 is 18.0 Å². The van der Waals surface area contributed by atoms with Crippen LogP contribution in [0.5, 0.6) is 0 Å². The maximum absolute atomic E-state index is 13.2. The molecule has 1 atom stereocenters. The second-order valence-corrected chi connectivity index (χ2v) is 7.75. The van der Waals surface area contributed by atoms with Gasteiger partial charge in [0.15, 0.2) is 10.3 Å². The average Bonchev–Trinajstić information content (AvgIpc) is 3.04. The van der Waals surface area contributed by atoms with Gasteiger partial charge < -0.3 is 9.88 Å². The monoisotopic (exact) mass is 440 g/mol. The van der Waals surface area contributed by atoms with Crippen LogP contribution in [0.4, 0.5) is 18.9 Å². The number of imidazole rings is 1. The van der Waals surface area contributed by atoms with Gasteiger partial charge in [-0.1, -0.05) is 53.7 Å². The summed E-state index contributed by atoms with van der Waals surface area (Å²) in [6.45, 7) is 0.376. The minimum absolute atomic E-state index is 0.0983. The van der Waals surface area contributed by atoms with Gasteiger partial charge in [0.05, 0.1) is 22.8 Å². The summed E-state index contributed by atoms with van der Waals surface area (Å²) >= 11 is 6.86. The molecule has 3 rings (SSSR count). The molecule has 0 fully saturated rings. The van der Waals surface area contributed by atoms with Crippen molar-refractivity contribution in [2.45, 2.75) is 30.1 Å².